The van der Waals surface area contributed by atoms with E-state index in [0.29, 0.717) is 6.42 Å². The number of ether oxygens (including phenoxy) is 1. The van der Waals surface area contributed by atoms with Crippen molar-refractivity contribution < 1.29 is 9.53 Å². The summed E-state index contributed by atoms with van der Waals surface area (Å²) in [5.74, 6) is 0.998. The SMILES string of the molecule is COc1ccc(CCC(=O)c2cccc(C)c2Br)cc1. The van der Waals surface area contributed by atoms with Crippen molar-refractivity contribution in [1.82, 2.24) is 0 Å². The molecule has 0 atom stereocenters. The molecule has 2 aromatic rings. The van der Waals surface area contributed by atoms with E-state index in [9.17, 15) is 4.79 Å². The van der Waals surface area contributed by atoms with Crippen LogP contribution < -0.4 is 4.74 Å². The highest BCUT2D eigenvalue weighted by molar-refractivity contribution is 9.10. The lowest BCUT2D eigenvalue weighted by Gasteiger charge is -2.07. The maximum absolute atomic E-state index is 12.3. The number of carbonyl (C=O) groups excluding carboxylic acids is 1. The molecule has 20 heavy (non-hydrogen) atoms. The van der Waals surface area contributed by atoms with Crippen LogP contribution in [-0.4, -0.2) is 12.9 Å². The van der Waals surface area contributed by atoms with E-state index < -0.39 is 0 Å². The zero-order valence-electron chi connectivity index (χ0n) is 11.7. The van der Waals surface area contributed by atoms with E-state index in [2.05, 4.69) is 15.9 Å². The maximum atomic E-state index is 12.3. The molecule has 0 aliphatic heterocycles. The number of hydrogen-bond donors (Lipinski definition) is 0. The molecule has 0 aromatic heterocycles. The first-order chi connectivity index (χ1) is 9.61. The molecule has 2 rings (SSSR count). The van der Waals surface area contributed by atoms with Crippen LogP contribution in [0, 0.1) is 6.92 Å². The number of carbonyl (C=O) groups is 1. The smallest absolute Gasteiger partial charge is 0.164 e. The summed E-state index contributed by atoms with van der Waals surface area (Å²) in [5.41, 5.74) is 2.99. The monoisotopic (exact) mass is 332 g/mol. The molecule has 0 heterocycles. The molecule has 0 N–H and O–H groups in total. The van der Waals surface area contributed by atoms with Crippen LogP contribution in [0.5, 0.6) is 5.75 Å². The van der Waals surface area contributed by atoms with Crippen molar-refractivity contribution in [3.8, 4) is 5.75 Å². The van der Waals surface area contributed by atoms with E-state index in [0.717, 1.165) is 33.3 Å². The molecule has 0 saturated carbocycles. The summed E-state index contributed by atoms with van der Waals surface area (Å²) in [7, 11) is 1.65. The van der Waals surface area contributed by atoms with E-state index in [1.807, 2.05) is 49.4 Å². The predicted octanol–water partition coefficient (Wildman–Crippen LogP) is 4.58. The van der Waals surface area contributed by atoms with Gasteiger partial charge in [-0.3, -0.25) is 4.79 Å². The van der Waals surface area contributed by atoms with E-state index >= 15 is 0 Å². The fraction of sp³-hybridized carbons (Fsp3) is 0.235. The third kappa shape index (κ3) is 3.48. The van der Waals surface area contributed by atoms with Gasteiger partial charge in [-0.1, -0.05) is 30.3 Å². The van der Waals surface area contributed by atoms with Crippen molar-refractivity contribution in [3.05, 3.63) is 63.6 Å². The lowest BCUT2D eigenvalue weighted by molar-refractivity contribution is 0.0982. The minimum Gasteiger partial charge on any atom is -0.497 e. The molecule has 0 bridgehead atoms. The van der Waals surface area contributed by atoms with Crippen molar-refractivity contribution in [2.75, 3.05) is 7.11 Å². The van der Waals surface area contributed by atoms with Gasteiger partial charge in [-0.25, -0.2) is 0 Å². The number of benzene rings is 2. The van der Waals surface area contributed by atoms with E-state index in [-0.39, 0.29) is 5.78 Å². The number of methoxy groups -OCH3 is 1. The van der Waals surface area contributed by atoms with Gasteiger partial charge in [0.25, 0.3) is 0 Å². The Labute approximate surface area is 127 Å². The summed E-state index contributed by atoms with van der Waals surface area (Å²) >= 11 is 3.49. The van der Waals surface area contributed by atoms with E-state index in [4.69, 9.17) is 4.74 Å². The first-order valence-electron chi connectivity index (χ1n) is 6.53. The highest BCUT2D eigenvalue weighted by atomic mass is 79.9. The first kappa shape index (κ1) is 14.8. The zero-order valence-corrected chi connectivity index (χ0v) is 13.2. The van der Waals surface area contributed by atoms with Gasteiger partial charge in [-0.05, 0) is 52.5 Å². The third-order valence-electron chi connectivity index (χ3n) is 3.29. The number of hydrogen-bond acceptors (Lipinski definition) is 2. The fourth-order valence-electron chi connectivity index (χ4n) is 2.05. The van der Waals surface area contributed by atoms with Crippen molar-refractivity contribution in [1.29, 1.82) is 0 Å². The molecule has 2 nitrogen and oxygen atoms in total. The fourth-order valence-corrected chi connectivity index (χ4v) is 2.53. The maximum Gasteiger partial charge on any atom is 0.164 e. The zero-order chi connectivity index (χ0) is 14.5. The normalized spacial score (nSPS) is 10.3. The minimum absolute atomic E-state index is 0.163. The summed E-state index contributed by atoms with van der Waals surface area (Å²) in [5, 5.41) is 0. The Morgan fingerprint density at radius 1 is 1.15 bits per heavy atom. The van der Waals surface area contributed by atoms with Crippen molar-refractivity contribution >= 4 is 21.7 Å². The summed E-state index contributed by atoms with van der Waals surface area (Å²) in [4.78, 5) is 12.3. The molecule has 0 amide bonds. The molecule has 0 radical (unpaired) electrons. The third-order valence-corrected chi connectivity index (χ3v) is 4.34. The lowest BCUT2D eigenvalue weighted by Crippen LogP contribution is -2.03. The van der Waals surface area contributed by atoms with Gasteiger partial charge in [0.1, 0.15) is 5.75 Å². The quantitative estimate of drug-likeness (QED) is 0.749. The molecule has 104 valence electrons. The van der Waals surface area contributed by atoms with E-state index in [1.54, 1.807) is 7.11 Å². The van der Waals surface area contributed by atoms with E-state index in [1.165, 1.54) is 0 Å². The Morgan fingerprint density at radius 2 is 1.85 bits per heavy atom. The topological polar surface area (TPSA) is 26.3 Å². The number of rotatable bonds is 5. The van der Waals surface area contributed by atoms with Gasteiger partial charge in [0, 0.05) is 16.5 Å². The van der Waals surface area contributed by atoms with Crippen molar-refractivity contribution in [3.63, 3.8) is 0 Å². The van der Waals surface area contributed by atoms with Crippen LogP contribution in [-0.2, 0) is 6.42 Å². The average molecular weight is 333 g/mol. The highest BCUT2D eigenvalue weighted by Gasteiger charge is 2.11. The van der Waals surface area contributed by atoms with Crippen LogP contribution in [0.1, 0.15) is 27.9 Å². The highest BCUT2D eigenvalue weighted by Crippen LogP contribution is 2.23. The Bertz CT molecular complexity index is 603. The second-order valence-electron chi connectivity index (χ2n) is 4.71. The molecular formula is C17H17BrO2. The Hall–Kier alpha value is -1.61. The lowest BCUT2D eigenvalue weighted by atomic mass is 10.0. The molecule has 0 saturated heterocycles. The largest absolute Gasteiger partial charge is 0.497 e. The number of halogens is 1. The van der Waals surface area contributed by atoms with Crippen LogP contribution in [0.15, 0.2) is 46.9 Å². The summed E-state index contributed by atoms with van der Waals surface area (Å²) in [6, 6.07) is 13.6. The van der Waals surface area contributed by atoms with Crippen LogP contribution in [0.2, 0.25) is 0 Å². The number of ketones is 1. The van der Waals surface area contributed by atoms with Gasteiger partial charge in [0.05, 0.1) is 7.11 Å². The minimum atomic E-state index is 0.163. The van der Waals surface area contributed by atoms with Gasteiger partial charge >= 0.3 is 0 Å². The first-order valence-corrected chi connectivity index (χ1v) is 7.32. The van der Waals surface area contributed by atoms with Crippen molar-refractivity contribution in [2.24, 2.45) is 0 Å². The Morgan fingerprint density at radius 3 is 2.50 bits per heavy atom. The van der Waals surface area contributed by atoms with Gasteiger partial charge in [0.2, 0.25) is 0 Å². The molecule has 3 heteroatoms. The van der Waals surface area contributed by atoms with Crippen LogP contribution in [0.25, 0.3) is 0 Å². The second-order valence-corrected chi connectivity index (χ2v) is 5.50. The molecule has 0 aliphatic carbocycles. The summed E-state index contributed by atoms with van der Waals surface area (Å²) in [6.07, 6.45) is 1.25. The molecule has 0 unspecified atom stereocenters. The van der Waals surface area contributed by atoms with Crippen LogP contribution in [0.3, 0.4) is 0 Å². The summed E-state index contributed by atoms with van der Waals surface area (Å²) < 4.78 is 6.02. The number of Topliss-reactive ketones (excluding diaryl/α,β-unsaturated/α-hetero) is 1. The van der Waals surface area contributed by atoms with Gasteiger partial charge in [-0.2, -0.15) is 0 Å². The van der Waals surface area contributed by atoms with Crippen LogP contribution in [0.4, 0.5) is 0 Å². The number of aryl methyl sites for hydroxylation is 2. The summed E-state index contributed by atoms with van der Waals surface area (Å²) in [6.45, 7) is 1.99. The molecule has 0 fully saturated rings. The van der Waals surface area contributed by atoms with Crippen molar-refractivity contribution in [2.45, 2.75) is 19.8 Å². The average Bonchev–Trinajstić information content (AvgIpc) is 2.48. The Kier molecular flexibility index (Phi) is 4.96. The Balaban J connectivity index is 2.02. The molecule has 2 aromatic carbocycles. The van der Waals surface area contributed by atoms with Crippen LogP contribution >= 0.6 is 15.9 Å². The van der Waals surface area contributed by atoms with Gasteiger partial charge < -0.3 is 4.74 Å². The van der Waals surface area contributed by atoms with Gasteiger partial charge in [0.15, 0.2) is 5.78 Å². The van der Waals surface area contributed by atoms with Gasteiger partial charge in [-0.15, -0.1) is 0 Å². The molecule has 0 spiro atoms. The predicted molar refractivity (Wildman–Crippen MR) is 84.5 cm³/mol. The second kappa shape index (κ2) is 6.71. The molecular weight excluding hydrogens is 316 g/mol. The standard InChI is InChI=1S/C17H17BrO2/c1-12-4-3-5-15(17(12)18)16(19)11-8-13-6-9-14(20-2)10-7-13/h3-7,9-10H,8,11H2,1-2H3. The molecule has 0 aliphatic rings.